The zero-order valence-corrected chi connectivity index (χ0v) is 11.7. The van der Waals surface area contributed by atoms with Crippen molar-refractivity contribution in [1.82, 2.24) is 0 Å². The number of rotatable bonds is 3. The van der Waals surface area contributed by atoms with Crippen molar-refractivity contribution in [3.63, 3.8) is 0 Å². The number of halogens is 1. The zero-order chi connectivity index (χ0) is 12.3. The molecule has 16 heavy (non-hydrogen) atoms. The maximum atomic E-state index is 10.4. The van der Waals surface area contributed by atoms with Gasteiger partial charge in [0.25, 0.3) is 0 Å². The van der Waals surface area contributed by atoms with Gasteiger partial charge in [-0.25, -0.2) is 0 Å². The summed E-state index contributed by atoms with van der Waals surface area (Å²) in [5, 5.41) is 0. The number of hydrogen-bond donors (Lipinski definition) is 0. The molecule has 1 rings (SSSR count). The molecule has 0 aliphatic heterocycles. The molecule has 0 spiro atoms. The van der Waals surface area contributed by atoms with Crippen LogP contribution in [0.25, 0.3) is 0 Å². The Kier molecular flexibility index (Phi) is 4.14. The Hall–Kier alpha value is -0.830. The van der Waals surface area contributed by atoms with Crippen LogP contribution in [0.4, 0.5) is 0 Å². The van der Waals surface area contributed by atoms with E-state index in [1.807, 2.05) is 19.1 Å². The lowest BCUT2D eigenvalue weighted by Gasteiger charge is -2.24. The minimum Gasteiger partial charge on any atom is -0.486 e. The van der Waals surface area contributed by atoms with Gasteiger partial charge in [-0.2, -0.15) is 0 Å². The van der Waals surface area contributed by atoms with E-state index in [1.165, 1.54) is 0 Å². The fourth-order valence-electron chi connectivity index (χ4n) is 1.60. The second-order valence-corrected chi connectivity index (χ2v) is 5.74. The summed E-state index contributed by atoms with van der Waals surface area (Å²) in [6.07, 6.45) is 0.772. The molecule has 0 heterocycles. The quantitative estimate of drug-likeness (QED) is 0.793. The van der Waals surface area contributed by atoms with E-state index in [1.54, 1.807) is 0 Å². The maximum Gasteiger partial charge on any atom is 0.157 e. The van der Waals surface area contributed by atoms with Gasteiger partial charge in [-0.15, -0.1) is 0 Å². The number of ether oxygens (including phenoxy) is 1. The van der Waals surface area contributed by atoms with Gasteiger partial charge < -0.3 is 4.74 Å². The summed E-state index contributed by atoms with van der Waals surface area (Å²) in [4.78, 5) is 10.4. The van der Waals surface area contributed by atoms with E-state index in [9.17, 15) is 4.79 Å². The minimum atomic E-state index is -0.00718. The van der Waals surface area contributed by atoms with Gasteiger partial charge in [0.2, 0.25) is 0 Å². The lowest BCUT2D eigenvalue weighted by atomic mass is 9.85. The van der Waals surface area contributed by atoms with Crippen LogP contribution in [0.1, 0.15) is 31.9 Å². The topological polar surface area (TPSA) is 26.3 Å². The zero-order valence-electron chi connectivity index (χ0n) is 10.1. The van der Waals surface area contributed by atoms with Gasteiger partial charge in [-0.05, 0) is 30.0 Å². The smallest absolute Gasteiger partial charge is 0.157 e. The molecule has 1 aromatic rings. The summed E-state index contributed by atoms with van der Waals surface area (Å²) >= 11 is 3.48. The van der Waals surface area contributed by atoms with E-state index in [0.29, 0.717) is 0 Å². The van der Waals surface area contributed by atoms with Gasteiger partial charge >= 0.3 is 0 Å². The van der Waals surface area contributed by atoms with Crippen LogP contribution in [0, 0.1) is 6.92 Å². The van der Waals surface area contributed by atoms with E-state index < -0.39 is 0 Å². The van der Waals surface area contributed by atoms with Crippen molar-refractivity contribution in [2.75, 3.05) is 6.61 Å². The van der Waals surface area contributed by atoms with Gasteiger partial charge in [-0.3, -0.25) is 4.79 Å². The molecule has 0 fully saturated rings. The molecule has 2 nitrogen and oxygen atoms in total. The number of aryl methyl sites for hydroxylation is 1. The van der Waals surface area contributed by atoms with Crippen LogP contribution in [0.5, 0.6) is 5.75 Å². The molecule has 0 unspecified atom stereocenters. The Bertz CT molecular complexity index is 392. The third-order valence-corrected chi connectivity index (χ3v) is 2.80. The van der Waals surface area contributed by atoms with Crippen LogP contribution in [-0.2, 0) is 10.2 Å². The number of benzene rings is 1. The number of carbonyl (C=O) groups is 1. The van der Waals surface area contributed by atoms with Crippen LogP contribution < -0.4 is 4.74 Å². The van der Waals surface area contributed by atoms with Gasteiger partial charge in [0.15, 0.2) is 6.29 Å². The van der Waals surface area contributed by atoms with Gasteiger partial charge in [0, 0.05) is 10.0 Å². The molecule has 0 radical (unpaired) electrons. The van der Waals surface area contributed by atoms with E-state index in [2.05, 4.69) is 36.7 Å². The first-order chi connectivity index (χ1) is 7.36. The van der Waals surface area contributed by atoms with Crippen molar-refractivity contribution < 1.29 is 9.53 Å². The fourth-order valence-corrected chi connectivity index (χ4v) is 2.17. The molecule has 0 bridgehead atoms. The maximum absolute atomic E-state index is 10.4. The molecular formula is C13H17BrO2. The molecular weight excluding hydrogens is 268 g/mol. The fraction of sp³-hybridized carbons (Fsp3) is 0.462. The monoisotopic (exact) mass is 284 g/mol. The second-order valence-electron chi connectivity index (χ2n) is 4.83. The van der Waals surface area contributed by atoms with Crippen molar-refractivity contribution in [2.45, 2.75) is 33.1 Å². The lowest BCUT2D eigenvalue weighted by molar-refractivity contribution is -0.109. The van der Waals surface area contributed by atoms with Crippen LogP contribution in [0.2, 0.25) is 0 Å². The molecule has 0 saturated heterocycles. The number of carbonyl (C=O) groups excluding carboxylic acids is 1. The third-order valence-electron chi connectivity index (χ3n) is 2.34. The summed E-state index contributed by atoms with van der Waals surface area (Å²) in [5.41, 5.74) is 2.15. The van der Waals surface area contributed by atoms with E-state index in [4.69, 9.17) is 4.74 Å². The summed E-state index contributed by atoms with van der Waals surface area (Å²) < 4.78 is 6.55. The van der Waals surface area contributed by atoms with Crippen molar-refractivity contribution in [2.24, 2.45) is 0 Å². The predicted octanol–water partition coefficient (Wildman–Crippen LogP) is 3.63. The molecule has 0 aliphatic carbocycles. The first-order valence-corrected chi connectivity index (χ1v) is 6.02. The largest absolute Gasteiger partial charge is 0.486 e. The van der Waals surface area contributed by atoms with Gasteiger partial charge in [0.05, 0.1) is 0 Å². The first kappa shape index (κ1) is 13.2. The van der Waals surface area contributed by atoms with Crippen molar-refractivity contribution in [3.8, 4) is 5.75 Å². The van der Waals surface area contributed by atoms with Crippen LogP contribution >= 0.6 is 15.9 Å². The van der Waals surface area contributed by atoms with E-state index in [-0.39, 0.29) is 12.0 Å². The average Bonchev–Trinajstić information content (AvgIpc) is 2.14. The summed E-state index contributed by atoms with van der Waals surface area (Å²) in [6, 6.07) is 4.04. The van der Waals surface area contributed by atoms with Gasteiger partial charge in [0.1, 0.15) is 12.4 Å². The highest BCUT2D eigenvalue weighted by Gasteiger charge is 2.21. The van der Waals surface area contributed by atoms with Gasteiger partial charge in [-0.1, -0.05) is 36.7 Å². The SMILES string of the molecule is Cc1cc(Br)cc(C(C)(C)C)c1OCC=O. The molecule has 0 aliphatic rings. The third kappa shape index (κ3) is 3.08. The predicted molar refractivity (Wildman–Crippen MR) is 69.1 cm³/mol. The standard InChI is InChI=1S/C13H17BrO2/c1-9-7-10(14)8-11(13(2,3)4)12(9)16-6-5-15/h5,7-8H,6H2,1-4H3. The van der Waals surface area contributed by atoms with Crippen molar-refractivity contribution in [1.29, 1.82) is 0 Å². The van der Waals surface area contributed by atoms with E-state index >= 15 is 0 Å². The van der Waals surface area contributed by atoms with Crippen LogP contribution in [-0.4, -0.2) is 12.9 Å². The highest BCUT2D eigenvalue weighted by Crippen LogP contribution is 2.36. The van der Waals surface area contributed by atoms with Crippen LogP contribution in [0.3, 0.4) is 0 Å². The summed E-state index contributed by atoms with van der Waals surface area (Å²) in [5.74, 6) is 0.822. The Morgan fingerprint density at radius 2 is 2.00 bits per heavy atom. The highest BCUT2D eigenvalue weighted by atomic mass is 79.9. The summed E-state index contributed by atoms with van der Waals surface area (Å²) in [6.45, 7) is 8.47. The molecule has 0 atom stereocenters. The molecule has 88 valence electrons. The molecule has 0 saturated carbocycles. The Labute approximate surface area is 105 Å². The minimum absolute atomic E-state index is 0.00718. The summed E-state index contributed by atoms with van der Waals surface area (Å²) in [7, 11) is 0. The number of hydrogen-bond acceptors (Lipinski definition) is 2. The average molecular weight is 285 g/mol. The normalized spacial score (nSPS) is 11.3. The molecule has 0 aromatic heterocycles. The first-order valence-electron chi connectivity index (χ1n) is 5.23. The highest BCUT2D eigenvalue weighted by molar-refractivity contribution is 9.10. The van der Waals surface area contributed by atoms with Crippen molar-refractivity contribution >= 4 is 22.2 Å². The second kappa shape index (κ2) is 5.00. The molecule has 1 aromatic carbocycles. The molecule has 0 N–H and O–H groups in total. The molecule has 0 amide bonds. The van der Waals surface area contributed by atoms with Crippen molar-refractivity contribution in [3.05, 3.63) is 27.7 Å². The number of aldehydes is 1. The lowest BCUT2D eigenvalue weighted by Crippen LogP contribution is -2.15. The Morgan fingerprint density at radius 3 is 2.50 bits per heavy atom. The molecule has 3 heteroatoms. The Morgan fingerprint density at radius 1 is 1.38 bits per heavy atom. The van der Waals surface area contributed by atoms with Crippen LogP contribution in [0.15, 0.2) is 16.6 Å². The Balaban J connectivity index is 3.26. The van der Waals surface area contributed by atoms with E-state index in [0.717, 1.165) is 27.6 Å².